The SMILES string of the molecule is Cc1cc(F)ccc1-c1sc(CN2CCC[C@@H](C(=O)O)C2)c(C#N)c1NCC(=O)C(C)(C)c1cc(C(F)(F)F)cc(C(F)(F)F)c1. The number of nitrogens with one attached hydrogen (secondary N) is 1. The van der Waals surface area contributed by atoms with Crippen molar-refractivity contribution < 1.29 is 45.4 Å². The Bertz CT molecular complexity index is 1660. The summed E-state index contributed by atoms with van der Waals surface area (Å²) in [6, 6.07) is 7.16. The number of Topliss-reactive ketones (excluding diaryl/α,β-unsaturated/α-hetero) is 1. The lowest BCUT2D eigenvalue weighted by Crippen LogP contribution is -2.38. The number of carbonyl (C=O) groups is 2. The molecule has 1 aromatic heterocycles. The van der Waals surface area contributed by atoms with Crippen molar-refractivity contribution in [3.05, 3.63) is 74.9 Å². The molecule has 0 bridgehead atoms. The number of halogens is 7. The molecule has 0 unspecified atom stereocenters. The number of piperidine rings is 1. The van der Waals surface area contributed by atoms with Crippen molar-refractivity contribution in [2.24, 2.45) is 5.92 Å². The number of likely N-dealkylation sites (tertiary alicyclic amines) is 1. The fourth-order valence-corrected chi connectivity index (χ4v) is 6.78. The van der Waals surface area contributed by atoms with Crippen LogP contribution in [0.5, 0.6) is 0 Å². The number of carboxylic acid groups (broad SMARTS) is 1. The fraction of sp³-hybridized carbons (Fsp3) is 0.406. The molecule has 14 heteroatoms. The van der Waals surface area contributed by atoms with Crippen molar-refractivity contribution in [1.29, 1.82) is 5.26 Å². The highest BCUT2D eigenvalue weighted by molar-refractivity contribution is 7.16. The molecule has 1 fully saturated rings. The second-order valence-corrected chi connectivity index (χ2v) is 12.9. The molecule has 3 aromatic rings. The molecule has 0 aliphatic carbocycles. The van der Waals surface area contributed by atoms with Crippen LogP contribution < -0.4 is 5.32 Å². The molecule has 4 rings (SSSR count). The third-order valence-corrected chi connectivity index (χ3v) is 9.39. The summed E-state index contributed by atoms with van der Waals surface area (Å²) in [6.45, 7) is 4.59. The molecule has 2 N–H and O–H groups in total. The fourth-order valence-electron chi connectivity index (χ4n) is 5.42. The molecule has 0 amide bonds. The molecule has 2 aromatic carbocycles. The molecule has 1 atom stereocenters. The van der Waals surface area contributed by atoms with E-state index in [9.17, 15) is 50.7 Å². The van der Waals surface area contributed by atoms with Crippen molar-refractivity contribution >= 4 is 28.8 Å². The predicted octanol–water partition coefficient (Wildman–Crippen LogP) is 8.03. The smallest absolute Gasteiger partial charge is 0.416 e. The van der Waals surface area contributed by atoms with Gasteiger partial charge in [0.2, 0.25) is 0 Å². The topological polar surface area (TPSA) is 93.4 Å². The highest BCUT2D eigenvalue weighted by atomic mass is 32.1. The highest BCUT2D eigenvalue weighted by Crippen LogP contribution is 2.44. The number of alkyl halides is 6. The number of hydrogen-bond acceptors (Lipinski definition) is 6. The molecular weight excluding hydrogens is 639 g/mol. The first-order chi connectivity index (χ1) is 21.3. The third kappa shape index (κ3) is 7.53. The minimum absolute atomic E-state index is 0.00724. The number of anilines is 1. The van der Waals surface area contributed by atoms with Gasteiger partial charge in [0, 0.05) is 18.0 Å². The molecular formula is C32H30F7N3O3S. The van der Waals surface area contributed by atoms with E-state index in [1.807, 2.05) is 4.90 Å². The lowest BCUT2D eigenvalue weighted by atomic mass is 9.79. The first kappa shape index (κ1) is 34.9. The summed E-state index contributed by atoms with van der Waals surface area (Å²) in [5.41, 5.74) is -3.99. The molecule has 1 saturated heterocycles. The van der Waals surface area contributed by atoms with Gasteiger partial charge in [-0.1, -0.05) is 6.07 Å². The largest absolute Gasteiger partial charge is 0.481 e. The van der Waals surface area contributed by atoms with Gasteiger partial charge in [-0.05, 0) is 87.2 Å². The van der Waals surface area contributed by atoms with E-state index in [0.717, 1.165) is 0 Å². The number of carbonyl (C=O) groups excluding carboxylic acids is 1. The first-order valence-electron chi connectivity index (χ1n) is 14.2. The van der Waals surface area contributed by atoms with Crippen LogP contribution in [0.1, 0.15) is 59.4 Å². The van der Waals surface area contributed by atoms with E-state index in [1.165, 1.54) is 43.4 Å². The standard InChI is InChI=1S/C32H30F7N3O3S/c1-17-9-22(33)6-7-23(17)28-27(24(13-40)25(46-28)16-42-8-4-5-18(15-42)29(44)45)41-14-26(43)30(2,3)19-10-20(31(34,35)36)12-21(11-19)32(37,38)39/h6-7,9-12,18,41H,4-5,8,14-16H2,1-3H3,(H,44,45)/t18-/m1/s1. The summed E-state index contributed by atoms with van der Waals surface area (Å²) in [5, 5.41) is 22.6. The van der Waals surface area contributed by atoms with Gasteiger partial charge in [-0.2, -0.15) is 31.6 Å². The minimum atomic E-state index is -5.09. The average molecular weight is 670 g/mol. The Kier molecular flexibility index (Phi) is 9.89. The molecule has 0 spiro atoms. The maximum absolute atomic E-state index is 14.0. The van der Waals surface area contributed by atoms with Crippen LogP contribution in [0.3, 0.4) is 0 Å². The van der Waals surface area contributed by atoms with Crippen LogP contribution in [0, 0.1) is 30.0 Å². The van der Waals surface area contributed by atoms with Crippen molar-refractivity contribution in [3.8, 4) is 16.5 Å². The Labute approximate surface area is 264 Å². The molecule has 0 saturated carbocycles. The summed E-state index contributed by atoms with van der Waals surface area (Å²) in [4.78, 5) is 28.0. The van der Waals surface area contributed by atoms with Crippen LogP contribution in [-0.4, -0.2) is 41.4 Å². The van der Waals surface area contributed by atoms with Crippen molar-refractivity contribution in [1.82, 2.24) is 4.90 Å². The quantitative estimate of drug-likeness (QED) is 0.224. The summed E-state index contributed by atoms with van der Waals surface area (Å²) in [6.07, 6.45) is -9.04. The van der Waals surface area contributed by atoms with Gasteiger partial charge >= 0.3 is 18.3 Å². The van der Waals surface area contributed by atoms with Gasteiger partial charge < -0.3 is 10.4 Å². The maximum Gasteiger partial charge on any atom is 0.416 e. The Morgan fingerprint density at radius 3 is 2.20 bits per heavy atom. The van der Waals surface area contributed by atoms with Gasteiger partial charge in [-0.25, -0.2) is 4.39 Å². The zero-order chi connectivity index (χ0) is 34.2. The number of carboxylic acids is 1. The Balaban J connectivity index is 1.71. The van der Waals surface area contributed by atoms with Crippen LogP contribution in [-0.2, 0) is 33.9 Å². The maximum atomic E-state index is 14.0. The monoisotopic (exact) mass is 669 g/mol. The van der Waals surface area contributed by atoms with Crippen molar-refractivity contribution in [3.63, 3.8) is 0 Å². The van der Waals surface area contributed by atoms with Crippen LogP contribution in [0.25, 0.3) is 10.4 Å². The number of nitrogens with zero attached hydrogens (tertiary/aromatic N) is 2. The van der Waals surface area contributed by atoms with E-state index in [-0.39, 0.29) is 30.4 Å². The third-order valence-electron chi connectivity index (χ3n) is 8.18. The average Bonchev–Trinajstić information content (AvgIpc) is 3.31. The predicted molar refractivity (Wildman–Crippen MR) is 158 cm³/mol. The lowest BCUT2D eigenvalue weighted by molar-refractivity contribution is -0.144. The number of ketones is 1. The molecule has 2 heterocycles. The Hall–Kier alpha value is -3.96. The number of aryl methyl sites for hydroxylation is 1. The van der Waals surface area contributed by atoms with Crippen molar-refractivity contribution in [2.75, 3.05) is 25.0 Å². The van der Waals surface area contributed by atoms with Gasteiger partial charge in [0.15, 0.2) is 5.78 Å². The van der Waals surface area contributed by atoms with Gasteiger partial charge in [0.05, 0.1) is 45.1 Å². The second-order valence-electron chi connectivity index (χ2n) is 11.8. The number of thiophene rings is 1. The van der Waals surface area contributed by atoms with Crippen LogP contribution >= 0.6 is 11.3 Å². The Morgan fingerprint density at radius 2 is 1.65 bits per heavy atom. The van der Waals surface area contributed by atoms with E-state index in [2.05, 4.69) is 11.4 Å². The number of rotatable bonds is 9. The zero-order valence-corrected chi connectivity index (χ0v) is 25.8. The van der Waals surface area contributed by atoms with Crippen LogP contribution in [0.15, 0.2) is 36.4 Å². The normalized spacial score (nSPS) is 16.2. The van der Waals surface area contributed by atoms with Crippen LogP contribution in [0.4, 0.5) is 36.4 Å². The number of benzene rings is 2. The number of aliphatic carboxylic acids is 1. The minimum Gasteiger partial charge on any atom is -0.481 e. The molecule has 1 aliphatic rings. The molecule has 1 aliphatic heterocycles. The van der Waals surface area contributed by atoms with E-state index in [1.54, 1.807) is 6.92 Å². The second kappa shape index (κ2) is 13.0. The van der Waals surface area contributed by atoms with Gasteiger partial charge in [-0.3, -0.25) is 14.5 Å². The zero-order valence-electron chi connectivity index (χ0n) is 25.0. The first-order valence-corrected chi connectivity index (χ1v) is 15.0. The number of nitriles is 1. The number of hydrogen-bond donors (Lipinski definition) is 2. The van der Waals surface area contributed by atoms with Gasteiger partial charge in [0.1, 0.15) is 11.9 Å². The van der Waals surface area contributed by atoms with E-state index < -0.39 is 64.5 Å². The van der Waals surface area contributed by atoms with E-state index in [0.29, 0.717) is 52.4 Å². The summed E-state index contributed by atoms with van der Waals surface area (Å²) in [5.74, 6) is -2.76. The van der Waals surface area contributed by atoms with E-state index >= 15 is 0 Å². The molecule has 6 nitrogen and oxygen atoms in total. The lowest BCUT2D eigenvalue weighted by Gasteiger charge is -2.30. The summed E-state index contributed by atoms with van der Waals surface area (Å²) in [7, 11) is 0. The summed E-state index contributed by atoms with van der Waals surface area (Å²) < 4.78 is 95.1. The molecule has 46 heavy (non-hydrogen) atoms. The Morgan fingerprint density at radius 1 is 1.04 bits per heavy atom. The van der Waals surface area contributed by atoms with Gasteiger partial charge in [0.25, 0.3) is 0 Å². The molecule has 246 valence electrons. The van der Waals surface area contributed by atoms with Crippen LogP contribution in [0.2, 0.25) is 0 Å². The highest BCUT2D eigenvalue weighted by Gasteiger charge is 2.40. The molecule has 0 radical (unpaired) electrons. The van der Waals surface area contributed by atoms with E-state index in [4.69, 9.17) is 0 Å². The van der Waals surface area contributed by atoms with Gasteiger partial charge in [-0.15, -0.1) is 11.3 Å². The van der Waals surface area contributed by atoms with Crippen molar-refractivity contribution in [2.45, 2.75) is 57.9 Å². The summed E-state index contributed by atoms with van der Waals surface area (Å²) >= 11 is 1.19.